The Morgan fingerprint density at radius 3 is 2.54 bits per heavy atom. The first kappa shape index (κ1) is 17.3. The molecule has 0 amide bonds. The van der Waals surface area contributed by atoms with E-state index in [1.54, 1.807) is 0 Å². The maximum atomic E-state index is 6.44. The van der Waals surface area contributed by atoms with Crippen LogP contribution in [0, 0.1) is 5.92 Å². The van der Waals surface area contributed by atoms with E-state index < -0.39 is 0 Å². The SMILES string of the molecule is CC(C)CC(N)c1nc2ccccc2n1Cc1ccc(Cl)c(Cl)c1. The number of imidazole rings is 1. The normalized spacial score (nSPS) is 12.9. The van der Waals surface area contributed by atoms with E-state index >= 15 is 0 Å². The number of aromatic nitrogens is 2. The zero-order valence-corrected chi connectivity index (χ0v) is 15.3. The van der Waals surface area contributed by atoms with Gasteiger partial charge in [0.1, 0.15) is 5.82 Å². The zero-order valence-electron chi connectivity index (χ0n) is 13.8. The van der Waals surface area contributed by atoms with Crippen LogP contribution in [0.5, 0.6) is 0 Å². The summed E-state index contributed by atoms with van der Waals surface area (Å²) in [5.74, 6) is 1.43. The molecule has 1 heterocycles. The van der Waals surface area contributed by atoms with E-state index in [1.807, 2.05) is 36.4 Å². The van der Waals surface area contributed by atoms with Crippen molar-refractivity contribution in [2.75, 3.05) is 0 Å². The Bertz CT molecular complexity index is 855. The third-order valence-corrected chi connectivity index (χ3v) is 4.80. The van der Waals surface area contributed by atoms with Crippen LogP contribution in [0.25, 0.3) is 11.0 Å². The molecule has 1 aromatic heterocycles. The number of hydrogen-bond acceptors (Lipinski definition) is 2. The van der Waals surface area contributed by atoms with Gasteiger partial charge in [-0.3, -0.25) is 0 Å². The van der Waals surface area contributed by atoms with Crippen molar-refractivity contribution in [1.29, 1.82) is 0 Å². The number of rotatable bonds is 5. The van der Waals surface area contributed by atoms with Gasteiger partial charge in [-0.1, -0.05) is 55.2 Å². The van der Waals surface area contributed by atoms with Crippen LogP contribution >= 0.6 is 23.2 Å². The second-order valence-electron chi connectivity index (χ2n) is 6.53. The predicted octanol–water partition coefficient (Wildman–Crippen LogP) is 5.44. The standard InChI is InChI=1S/C19H21Cl2N3/c1-12(2)9-16(22)19-23-17-5-3-4-6-18(17)24(19)11-13-7-8-14(20)15(21)10-13/h3-8,10,12,16H,9,11,22H2,1-2H3. The molecule has 0 saturated heterocycles. The van der Waals surface area contributed by atoms with E-state index in [-0.39, 0.29) is 6.04 Å². The fraction of sp³-hybridized carbons (Fsp3) is 0.316. The topological polar surface area (TPSA) is 43.8 Å². The summed E-state index contributed by atoms with van der Waals surface area (Å²) in [4.78, 5) is 4.78. The molecule has 3 rings (SSSR count). The second kappa shape index (κ2) is 7.14. The number of hydrogen-bond donors (Lipinski definition) is 1. The predicted molar refractivity (Wildman–Crippen MR) is 102 cm³/mol. The molecular formula is C19H21Cl2N3. The molecule has 5 heteroatoms. The van der Waals surface area contributed by atoms with E-state index in [0.717, 1.165) is 28.8 Å². The van der Waals surface area contributed by atoms with Gasteiger partial charge in [-0.2, -0.15) is 0 Å². The van der Waals surface area contributed by atoms with Gasteiger partial charge in [0.2, 0.25) is 0 Å². The van der Waals surface area contributed by atoms with Crippen molar-refractivity contribution in [3.63, 3.8) is 0 Å². The van der Waals surface area contributed by atoms with Gasteiger partial charge in [0.15, 0.2) is 0 Å². The average Bonchev–Trinajstić information content (AvgIpc) is 2.89. The number of nitrogens with two attached hydrogens (primary N) is 1. The third-order valence-electron chi connectivity index (χ3n) is 4.07. The minimum absolute atomic E-state index is 0.0971. The number of halogens is 2. The molecule has 3 aromatic rings. The van der Waals surface area contributed by atoms with Gasteiger partial charge in [-0.05, 0) is 42.2 Å². The summed E-state index contributed by atoms with van der Waals surface area (Å²) >= 11 is 12.2. The maximum Gasteiger partial charge on any atom is 0.127 e. The van der Waals surface area contributed by atoms with Crippen molar-refractivity contribution >= 4 is 34.2 Å². The zero-order chi connectivity index (χ0) is 17.3. The minimum Gasteiger partial charge on any atom is -0.322 e. The molecule has 126 valence electrons. The van der Waals surface area contributed by atoms with E-state index in [4.69, 9.17) is 33.9 Å². The Labute approximate surface area is 152 Å². The highest BCUT2D eigenvalue weighted by Gasteiger charge is 2.18. The van der Waals surface area contributed by atoms with Gasteiger partial charge in [-0.25, -0.2) is 4.98 Å². The van der Waals surface area contributed by atoms with Gasteiger partial charge in [0.05, 0.1) is 27.1 Å². The molecule has 24 heavy (non-hydrogen) atoms. The molecule has 1 atom stereocenters. The molecule has 0 fully saturated rings. The van der Waals surface area contributed by atoms with Crippen molar-refractivity contribution in [2.45, 2.75) is 32.9 Å². The minimum atomic E-state index is -0.0971. The van der Waals surface area contributed by atoms with Crippen molar-refractivity contribution in [1.82, 2.24) is 9.55 Å². The summed E-state index contributed by atoms with van der Waals surface area (Å²) in [6.45, 7) is 5.01. The lowest BCUT2D eigenvalue weighted by atomic mass is 10.0. The van der Waals surface area contributed by atoms with Crippen LogP contribution in [0.15, 0.2) is 42.5 Å². The third kappa shape index (κ3) is 3.59. The molecular weight excluding hydrogens is 341 g/mol. The van der Waals surface area contributed by atoms with Crippen molar-refractivity contribution in [3.8, 4) is 0 Å². The van der Waals surface area contributed by atoms with Crippen LogP contribution < -0.4 is 5.73 Å². The Morgan fingerprint density at radius 2 is 1.83 bits per heavy atom. The Morgan fingerprint density at radius 1 is 1.08 bits per heavy atom. The molecule has 0 aliphatic carbocycles. The molecule has 0 radical (unpaired) electrons. The molecule has 0 saturated carbocycles. The first-order chi connectivity index (χ1) is 11.5. The number of para-hydroxylation sites is 2. The van der Waals surface area contributed by atoms with Gasteiger partial charge in [-0.15, -0.1) is 0 Å². The van der Waals surface area contributed by atoms with Crippen molar-refractivity contribution in [3.05, 3.63) is 63.9 Å². The highest BCUT2D eigenvalue weighted by Crippen LogP contribution is 2.27. The maximum absolute atomic E-state index is 6.44. The first-order valence-corrected chi connectivity index (χ1v) is 8.86. The highest BCUT2D eigenvalue weighted by atomic mass is 35.5. The highest BCUT2D eigenvalue weighted by molar-refractivity contribution is 6.42. The van der Waals surface area contributed by atoms with Gasteiger partial charge in [0, 0.05) is 6.54 Å². The van der Waals surface area contributed by atoms with Gasteiger partial charge in [0.25, 0.3) is 0 Å². The monoisotopic (exact) mass is 361 g/mol. The lowest BCUT2D eigenvalue weighted by Gasteiger charge is -2.17. The van der Waals surface area contributed by atoms with Gasteiger partial charge < -0.3 is 10.3 Å². The van der Waals surface area contributed by atoms with Crippen molar-refractivity contribution < 1.29 is 0 Å². The number of benzene rings is 2. The lowest BCUT2D eigenvalue weighted by Crippen LogP contribution is -2.19. The molecule has 2 N–H and O–H groups in total. The molecule has 0 spiro atoms. The molecule has 1 unspecified atom stereocenters. The average molecular weight is 362 g/mol. The summed E-state index contributed by atoms with van der Waals surface area (Å²) in [6.07, 6.45) is 0.894. The summed E-state index contributed by atoms with van der Waals surface area (Å²) < 4.78 is 2.18. The van der Waals surface area contributed by atoms with Crippen LogP contribution in [0.3, 0.4) is 0 Å². The molecule has 3 nitrogen and oxygen atoms in total. The van der Waals surface area contributed by atoms with Crippen molar-refractivity contribution in [2.24, 2.45) is 11.7 Å². The summed E-state index contributed by atoms with van der Waals surface area (Å²) in [6, 6.07) is 13.7. The van der Waals surface area contributed by atoms with Gasteiger partial charge >= 0.3 is 0 Å². The van der Waals surface area contributed by atoms with E-state index in [9.17, 15) is 0 Å². The Hall–Kier alpha value is -1.55. The Balaban J connectivity index is 2.05. The van der Waals surface area contributed by atoms with E-state index in [1.165, 1.54) is 0 Å². The van der Waals surface area contributed by atoms with Crippen LogP contribution in [-0.2, 0) is 6.54 Å². The van der Waals surface area contributed by atoms with Crippen LogP contribution in [0.4, 0.5) is 0 Å². The fourth-order valence-electron chi connectivity index (χ4n) is 2.98. The van der Waals surface area contributed by atoms with Crippen LogP contribution in [0.1, 0.15) is 37.7 Å². The molecule has 0 aliphatic rings. The first-order valence-electron chi connectivity index (χ1n) is 8.10. The molecule has 2 aromatic carbocycles. The second-order valence-corrected chi connectivity index (χ2v) is 7.34. The number of fused-ring (bicyclic) bond motifs is 1. The van der Waals surface area contributed by atoms with Crippen LogP contribution in [0.2, 0.25) is 10.0 Å². The number of nitrogens with zero attached hydrogens (tertiary/aromatic N) is 2. The van der Waals surface area contributed by atoms with E-state index in [2.05, 4.69) is 24.5 Å². The quantitative estimate of drug-likeness (QED) is 0.657. The van der Waals surface area contributed by atoms with Crippen LogP contribution in [-0.4, -0.2) is 9.55 Å². The summed E-state index contributed by atoms with van der Waals surface area (Å²) in [5.41, 5.74) is 9.56. The molecule has 0 bridgehead atoms. The smallest absolute Gasteiger partial charge is 0.127 e. The largest absolute Gasteiger partial charge is 0.322 e. The van der Waals surface area contributed by atoms with E-state index in [0.29, 0.717) is 22.5 Å². The Kier molecular flexibility index (Phi) is 5.14. The fourth-order valence-corrected chi connectivity index (χ4v) is 3.30. The molecule has 0 aliphatic heterocycles. The lowest BCUT2D eigenvalue weighted by molar-refractivity contribution is 0.481. The summed E-state index contributed by atoms with van der Waals surface area (Å²) in [5, 5.41) is 1.12. The summed E-state index contributed by atoms with van der Waals surface area (Å²) in [7, 11) is 0.